The molecule has 3 aromatic rings. The molecule has 7 nitrogen and oxygen atoms in total. The van der Waals surface area contributed by atoms with Crippen molar-refractivity contribution in [3.05, 3.63) is 57.9 Å². The largest absolute Gasteiger partial charge is 0.477 e. The molecule has 0 bridgehead atoms. The molecule has 0 saturated heterocycles. The van der Waals surface area contributed by atoms with Crippen LogP contribution in [0.4, 0.5) is 15.2 Å². The van der Waals surface area contributed by atoms with Crippen LogP contribution in [0.2, 0.25) is 0 Å². The number of hydrogen-bond acceptors (Lipinski definition) is 6. The Morgan fingerprint density at radius 2 is 2.16 bits per heavy atom. The minimum atomic E-state index is -0.575. The first-order valence-electron chi connectivity index (χ1n) is 7.16. The zero-order valence-corrected chi connectivity index (χ0v) is 13.8. The van der Waals surface area contributed by atoms with E-state index in [9.17, 15) is 19.3 Å². The van der Waals surface area contributed by atoms with Gasteiger partial charge in [-0.1, -0.05) is 17.4 Å². The van der Waals surface area contributed by atoms with Crippen LogP contribution in [0.1, 0.15) is 5.56 Å². The Balaban J connectivity index is 1.68. The number of nitrogens with zero attached hydrogens (tertiary/aromatic N) is 2. The molecule has 2 aromatic carbocycles. The first kappa shape index (κ1) is 16.8. The third-order valence-electron chi connectivity index (χ3n) is 3.27. The van der Waals surface area contributed by atoms with Crippen molar-refractivity contribution in [1.29, 1.82) is 0 Å². The zero-order valence-electron chi connectivity index (χ0n) is 13.0. The van der Waals surface area contributed by atoms with Crippen LogP contribution in [0.25, 0.3) is 10.2 Å². The molecule has 1 aromatic heterocycles. The number of aryl methyl sites for hydroxylation is 1. The highest BCUT2D eigenvalue weighted by Gasteiger charge is 2.16. The highest BCUT2D eigenvalue weighted by molar-refractivity contribution is 7.22. The van der Waals surface area contributed by atoms with E-state index in [2.05, 4.69) is 10.3 Å². The Morgan fingerprint density at radius 1 is 1.36 bits per heavy atom. The van der Waals surface area contributed by atoms with E-state index < -0.39 is 17.4 Å². The monoisotopic (exact) mass is 361 g/mol. The van der Waals surface area contributed by atoms with Gasteiger partial charge in [0.2, 0.25) is 0 Å². The molecule has 1 heterocycles. The quantitative estimate of drug-likeness (QED) is 0.553. The molecule has 0 unspecified atom stereocenters. The summed E-state index contributed by atoms with van der Waals surface area (Å²) in [6.45, 7) is 1.35. The number of carbonyl (C=O) groups is 1. The van der Waals surface area contributed by atoms with Crippen molar-refractivity contribution in [3.63, 3.8) is 0 Å². The number of nitro benzene ring substituents is 1. The van der Waals surface area contributed by atoms with Crippen LogP contribution >= 0.6 is 11.3 Å². The van der Waals surface area contributed by atoms with E-state index in [0.717, 1.165) is 16.9 Å². The van der Waals surface area contributed by atoms with Gasteiger partial charge in [0.05, 0.1) is 15.1 Å². The minimum Gasteiger partial charge on any atom is -0.477 e. The molecule has 0 aliphatic heterocycles. The van der Waals surface area contributed by atoms with Gasteiger partial charge in [-0.2, -0.15) is 0 Å². The number of nitrogens with one attached hydrogen (secondary N) is 1. The van der Waals surface area contributed by atoms with Gasteiger partial charge < -0.3 is 4.74 Å². The number of aromatic nitrogens is 1. The highest BCUT2D eigenvalue weighted by atomic mass is 32.1. The maximum atomic E-state index is 13.2. The van der Waals surface area contributed by atoms with Crippen molar-refractivity contribution < 1.29 is 18.8 Å². The standard InChI is InChI=1S/C16H12FN3O4S/c1-9-2-5-12(20(22)23)13(6-9)24-8-15(21)19-16-18-11-4-3-10(17)7-14(11)25-16/h2-7H,8H2,1H3,(H,18,19,21). The minimum absolute atomic E-state index is 0.0199. The first-order chi connectivity index (χ1) is 11.9. The van der Waals surface area contributed by atoms with Gasteiger partial charge in [0, 0.05) is 6.07 Å². The molecule has 0 radical (unpaired) electrons. The van der Waals surface area contributed by atoms with Crippen LogP contribution in [0, 0.1) is 22.9 Å². The lowest BCUT2D eigenvalue weighted by molar-refractivity contribution is -0.385. The van der Waals surface area contributed by atoms with Crippen LogP contribution in [0.5, 0.6) is 5.75 Å². The van der Waals surface area contributed by atoms with E-state index in [1.54, 1.807) is 13.0 Å². The Bertz CT molecular complexity index is 973. The molecular weight excluding hydrogens is 349 g/mol. The van der Waals surface area contributed by atoms with E-state index in [1.165, 1.54) is 30.3 Å². The number of anilines is 1. The molecule has 1 N–H and O–H groups in total. The second kappa shape index (κ2) is 6.81. The Labute approximate surface area is 145 Å². The van der Waals surface area contributed by atoms with Gasteiger partial charge in [0.25, 0.3) is 5.91 Å². The van der Waals surface area contributed by atoms with E-state index in [0.29, 0.717) is 15.3 Å². The smallest absolute Gasteiger partial charge is 0.310 e. The van der Waals surface area contributed by atoms with Crippen LogP contribution in [0.15, 0.2) is 36.4 Å². The summed E-state index contributed by atoms with van der Waals surface area (Å²) >= 11 is 1.13. The maximum Gasteiger partial charge on any atom is 0.310 e. The number of halogens is 1. The van der Waals surface area contributed by atoms with Crippen LogP contribution < -0.4 is 10.1 Å². The van der Waals surface area contributed by atoms with Crippen LogP contribution in [-0.4, -0.2) is 22.4 Å². The van der Waals surface area contributed by atoms with Gasteiger partial charge in [-0.05, 0) is 36.8 Å². The van der Waals surface area contributed by atoms with E-state index >= 15 is 0 Å². The normalized spacial score (nSPS) is 10.6. The molecule has 0 fully saturated rings. The molecule has 128 valence electrons. The number of nitro groups is 1. The predicted octanol–water partition coefficient (Wildman–Crippen LogP) is 3.67. The molecule has 0 spiro atoms. The first-order valence-corrected chi connectivity index (χ1v) is 7.98. The molecule has 0 aliphatic rings. The second-order valence-electron chi connectivity index (χ2n) is 5.20. The summed E-state index contributed by atoms with van der Waals surface area (Å²) in [4.78, 5) is 26.6. The lowest BCUT2D eigenvalue weighted by Crippen LogP contribution is -2.20. The molecule has 0 aliphatic carbocycles. The zero-order chi connectivity index (χ0) is 18.0. The van der Waals surface area contributed by atoms with Crippen molar-refractivity contribution in [2.24, 2.45) is 0 Å². The Kier molecular flexibility index (Phi) is 4.57. The van der Waals surface area contributed by atoms with Gasteiger partial charge in [-0.25, -0.2) is 9.37 Å². The molecule has 9 heteroatoms. The van der Waals surface area contributed by atoms with E-state index in [1.807, 2.05) is 0 Å². The van der Waals surface area contributed by atoms with Crippen molar-refractivity contribution in [2.45, 2.75) is 6.92 Å². The number of benzene rings is 2. The summed E-state index contributed by atoms with van der Waals surface area (Å²) in [5, 5.41) is 13.8. The molecule has 0 atom stereocenters. The average molecular weight is 361 g/mol. The Morgan fingerprint density at radius 3 is 2.92 bits per heavy atom. The molecule has 0 saturated carbocycles. The molecule has 25 heavy (non-hydrogen) atoms. The molecular formula is C16H12FN3O4S. The number of hydrogen-bond donors (Lipinski definition) is 1. The van der Waals surface area contributed by atoms with E-state index in [-0.39, 0.29) is 17.3 Å². The summed E-state index contributed by atoms with van der Waals surface area (Å²) in [7, 11) is 0. The third-order valence-corrected chi connectivity index (χ3v) is 4.20. The SMILES string of the molecule is Cc1ccc([N+](=O)[O-])c(OCC(=O)Nc2nc3ccc(F)cc3s2)c1. The number of amides is 1. The average Bonchev–Trinajstić information content (AvgIpc) is 2.93. The van der Waals surface area contributed by atoms with E-state index in [4.69, 9.17) is 4.74 Å². The number of thiazole rings is 1. The number of fused-ring (bicyclic) bond motifs is 1. The second-order valence-corrected chi connectivity index (χ2v) is 6.23. The summed E-state index contributed by atoms with van der Waals surface area (Å²) in [5.41, 5.74) is 1.13. The number of rotatable bonds is 5. The maximum absolute atomic E-state index is 13.2. The molecule has 1 amide bonds. The van der Waals surface area contributed by atoms with Gasteiger partial charge in [-0.15, -0.1) is 0 Å². The van der Waals surface area contributed by atoms with Gasteiger partial charge in [0.1, 0.15) is 5.82 Å². The fourth-order valence-corrected chi connectivity index (χ4v) is 3.05. The summed E-state index contributed by atoms with van der Waals surface area (Å²) < 4.78 is 19.0. The Hall–Kier alpha value is -3.07. The van der Waals surface area contributed by atoms with Crippen molar-refractivity contribution >= 4 is 38.3 Å². The summed E-state index contributed by atoms with van der Waals surface area (Å²) in [6.07, 6.45) is 0. The number of carbonyl (C=O) groups excluding carboxylic acids is 1. The lowest BCUT2D eigenvalue weighted by atomic mass is 10.2. The van der Waals surface area contributed by atoms with Crippen LogP contribution in [0.3, 0.4) is 0 Å². The van der Waals surface area contributed by atoms with Crippen molar-refractivity contribution in [1.82, 2.24) is 4.98 Å². The van der Waals surface area contributed by atoms with Gasteiger partial charge in [0.15, 0.2) is 17.5 Å². The molecule has 3 rings (SSSR count). The summed E-state index contributed by atoms with van der Waals surface area (Å²) in [5.74, 6) is -0.883. The van der Waals surface area contributed by atoms with Crippen LogP contribution in [-0.2, 0) is 4.79 Å². The fourth-order valence-electron chi connectivity index (χ4n) is 2.14. The third kappa shape index (κ3) is 3.89. The van der Waals surface area contributed by atoms with Gasteiger partial charge in [-0.3, -0.25) is 20.2 Å². The van der Waals surface area contributed by atoms with Gasteiger partial charge >= 0.3 is 5.69 Å². The fraction of sp³-hybridized carbons (Fsp3) is 0.125. The lowest BCUT2D eigenvalue weighted by Gasteiger charge is -2.07. The highest BCUT2D eigenvalue weighted by Crippen LogP contribution is 2.28. The summed E-state index contributed by atoms with van der Waals surface area (Å²) in [6, 6.07) is 8.54. The number of ether oxygens (including phenoxy) is 1. The predicted molar refractivity (Wildman–Crippen MR) is 91.5 cm³/mol. The van der Waals surface area contributed by atoms with Crippen molar-refractivity contribution in [2.75, 3.05) is 11.9 Å². The van der Waals surface area contributed by atoms with Crippen molar-refractivity contribution in [3.8, 4) is 5.75 Å². The topological polar surface area (TPSA) is 94.4 Å².